The Morgan fingerprint density at radius 2 is 1.69 bits per heavy atom. The molecule has 6 nitrogen and oxygen atoms in total. The molecule has 0 aliphatic carbocycles. The van der Waals surface area contributed by atoms with Crippen molar-refractivity contribution in [2.45, 2.75) is 0 Å². The van der Waals surface area contributed by atoms with Crippen LogP contribution in [0, 0.1) is 0 Å². The van der Waals surface area contributed by atoms with Gasteiger partial charge in [-0.25, -0.2) is 5.84 Å². The van der Waals surface area contributed by atoms with Gasteiger partial charge in [-0.05, 0) is 23.6 Å². The summed E-state index contributed by atoms with van der Waals surface area (Å²) in [6.45, 7) is 0. The standard InChI is InChI=1S/C19H19N5OS/c20-23-19(26-13-18(25)22-15-9-2-1-3-10-15)24(21)17-12-6-8-14-7-4-5-11-16(14)17/h1-12H,13,20-21H2,(H,22,25)/b23-19+. The molecular weight excluding hydrogens is 346 g/mol. The predicted molar refractivity (Wildman–Crippen MR) is 110 cm³/mol. The zero-order chi connectivity index (χ0) is 18.4. The summed E-state index contributed by atoms with van der Waals surface area (Å²) in [7, 11) is 0. The molecule has 0 fully saturated rings. The number of hydrazone groups is 1. The van der Waals surface area contributed by atoms with Crippen molar-refractivity contribution < 1.29 is 4.79 Å². The number of hydrazine groups is 1. The number of carbonyl (C=O) groups is 1. The number of nitrogens with two attached hydrogens (primary N) is 2. The number of para-hydroxylation sites is 1. The number of thioether (sulfide) groups is 1. The van der Waals surface area contributed by atoms with Gasteiger partial charge in [0.2, 0.25) is 11.1 Å². The Labute approximate surface area is 155 Å². The van der Waals surface area contributed by atoms with Gasteiger partial charge in [-0.3, -0.25) is 9.80 Å². The first-order chi connectivity index (χ1) is 12.7. The van der Waals surface area contributed by atoms with Gasteiger partial charge >= 0.3 is 0 Å². The van der Waals surface area contributed by atoms with E-state index in [0.717, 1.165) is 22.1 Å². The first-order valence-corrected chi connectivity index (χ1v) is 8.96. The highest BCUT2D eigenvalue weighted by molar-refractivity contribution is 8.14. The molecular formula is C19H19N5OS. The van der Waals surface area contributed by atoms with E-state index in [1.807, 2.05) is 72.8 Å². The molecule has 0 spiro atoms. The summed E-state index contributed by atoms with van der Waals surface area (Å²) in [5.41, 5.74) is 1.51. The van der Waals surface area contributed by atoms with Crippen molar-refractivity contribution in [3.8, 4) is 0 Å². The third-order valence-electron chi connectivity index (χ3n) is 3.73. The van der Waals surface area contributed by atoms with E-state index in [1.54, 1.807) is 0 Å². The summed E-state index contributed by atoms with van der Waals surface area (Å²) in [6.07, 6.45) is 0. The molecule has 3 aromatic carbocycles. The third kappa shape index (κ3) is 4.14. The van der Waals surface area contributed by atoms with Gasteiger partial charge in [0, 0.05) is 11.1 Å². The number of benzene rings is 3. The van der Waals surface area contributed by atoms with Crippen LogP contribution >= 0.6 is 11.8 Å². The summed E-state index contributed by atoms with van der Waals surface area (Å²) in [5.74, 6) is 11.7. The average molecular weight is 365 g/mol. The van der Waals surface area contributed by atoms with Gasteiger partial charge < -0.3 is 11.2 Å². The molecule has 0 aliphatic rings. The Kier molecular flexibility index (Phi) is 5.73. The van der Waals surface area contributed by atoms with E-state index in [4.69, 9.17) is 11.7 Å². The fourth-order valence-corrected chi connectivity index (χ4v) is 3.18. The number of anilines is 2. The molecule has 0 unspecified atom stereocenters. The van der Waals surface area contributed by atoms with Crippen molar-refractivity contribution in [3.05, 3.63) is 72.8 Å². The number of hydrogen-bond acceptors (Lipinski definition) is 5. The van der Waals surface area contributed by atoms with Gasteiger partial charge in [-0.15, -0.1) is 0 Å². The Morgan fingerprint density at radius 3 is 2.46 bits per heavy atom. The Morgan fingerprint density at radius 1 is 1.00 bits per heavy atom. The highest BCUT2D eigenvalue weighted by atomic mass is 32.2. The maximum atomic E-state index is 12.1. The third-order valence-corrected chi connectivity index (χ3v) is 4.70. The Bertz CT molecular complexity index is 924. The number of amidine groups is 1. The van der Waals surface area contributed by atoms with E-state index >= 15 is 0 Å². The summed E-state index contributed by atoms with van der Waals surface area (Å²) in [5, 5.41) is 10.4. The lowest BCUT2D eigenvalue weighted by molar-refractivity contribution is -0.113. The summed E-state index contributed by atoms with van der Waals surface area (Å²) in [6, 6.07) is 23.0. The minimum atomic E-state index is -0.159. The first kappa shape index (κ1) is 17.8. The van der Waals surface area contributed by atoms with Crippen molar-refractivity contribution >= 4 is 45.0 Å². The SMILES string of the molecule is N/N=C(/SCC(=O)Nc1ccccc1)N(N)c1cccc2ccccc12. The minimum absolute atomic E-state index is 0.142. The normalized spacial score (nSPS) is 11.3. The molecule has 26 heavy (non-hydrogen) atoms. The van der Waals surface area contributed by atoms with Gasteiger partial charge in [0.1, 0.15) is 0 Å². The highest BCUT2D eigenvalue weighted by Gasteiger charge is 2.15. The summed E-state index contributed by atoms with van der Waals surface area (Å²) < 4.78 is 0. The van der Waals surface area contributed by atoms with E-state index in [-0.39, 0.29) is 11.7 Å². The van der Waals surface area contributed by atoms with Crippen LogP contribution in [0.4, 0.5) is 11.4 Å². The second-order valence-corrected chi connectivity index (χ2v) is 6.43. The molecule has 132 valence electrons. The number of nitrogens with one attached hydrogen (secondary N) is 1. The van der Waals surface area contributed by atoms with Gasteiger partial charge in [0.05, 0.1) is 11.4 Å². The highest BCUT2D eigenvalue weighted by Crippen LogP contribution is 2.26. The van der Waals surface area contributed by atoms with Crippen LogP contribution in [0.5, 0.6) is 0 Å². The number of rotatable bonds is 4. The molecule has 0 bridgehead atoms. The van der Waals surface area contributed by atoms with E-state index in [2.05, 4.69) is 10.4 Å². The van der Waals surface area contributed by atoms with E-state index < -0.39 is 0 Å². The summed E-state index contributed by atoms with van der Waals surface area (Å²) >= 11 is 1.17. The number of nitrogens with zero attached hydrogens (tertiary/aromatic N) is 2. The summed E-state index contributed by atoms with van der Waals surface area (Å²) in [4.78, 5) is 12.1. The molecule has 0 saturated heterocycles. The largest absolute Gasteiger partial charge is 0.325 e. The molecule has 1 amide bonds. The Hall–Kier alpha value is -3.03. The number of fused-ring (bicyclic) bond motifs is 1. The molecule has 0 radical (unpaired) electrons. The van der Waals surface area contributed by atoms with Crippen LogP contribution in [0.1, 0.15) is 0 Å². The topological polar surface area (TPSA) is 96.7 Å². The molecule has 0 aliphatic heterocycles. The maximum Gasteiger partial charge on any atom is 0.234 e. The van der Waals surface area contributed by atoms with Gasteiger partial charge in [-0.1, -0.05) is 66.4 Å². The van der Waals surface area contributed by atoms with Crippen molar-refractivity contribution in [2.24, 2.45) is 16.8 Å². The van der Waals surface area contributed by atoms with Crippen LogP contribution in [0.2, 0.25) is 0 Å². The van der Waals surface area contributed by atoms with Gasteiger partial charge in [-0.2, -0.15) is 5.10 Å². The number of carbonyl (C=O) groups excluding carboxylic acids is 1. The zero-order valence-electron chi connectivity index (χ0n) is 14.0. The lowest BCUT2D eigenvalue weighted by Crippen LogP contribution is -2.37. The molecule has 7 heteroatoms. The van der Waals surface area contributed by atoms with Gasteiger partial charge in [0.15, 0.2) is 0 Å². The van der Waals surface area contributed by atoms with E-state index in [9.17, 15) is 4.79 Å². The van der Waals surface area contributed by atoms with E-state index in [1.165, 1.54) is 16.8 Å². The van der Waals surface area contributed by atoms with E-state index in [0.29, 0.717) is 5.17 Å². The van der Waals surface area contributed by atoms with Crippen LogP contribution < -0.4 is 22.0 Å². The number of hydrogen-bond donors (Lipinski definition) is 3. The fourth-order valence-electron chi connectivity index (χ4n) is 2.54. The van der Waals surface area contributed by atoms with Crippen molar-refractivity contribution in [1.29, 1.82) is 0 Å². The maximum absolute atomic E-state index is 12.1. The molecule has 0 heterocycles. The Balaban J connectivity index is 1.69. The molecule has 3 rings (SSSR count). The molecule has 0 atom stereocenters. The van der Waals surface area contributed by atoms with Crippen LogP contribution in [-0.4, -0.2) is 16.8 Å². The van der Waals surface area contributed by atoms with Crippen molar-refractivity contribution in [2.75, 3.05) is 16.1 Å². The first-order valence-electron chi connectivity index (χ1n) is 7.97. The number of amides is 1. The van der Waals surface area contributed by atoms with Gasteiger partial charge in [0.25, 0.3) is 0 Å². The van der Waals surface area contributed by atoms with Crippen molar-refractivity contribution in [3.63, 3.8) is 0 Å². The minimum Gasteiger partial charge on any atom is -0.325 e. The molecule has 3 aromatic rings. The smallest absolute Gasteiger partial charge is 0.234 e. The lowest BCUT2D eigenvalue weighted by atomic mass is 10.1. The predicted octanol–water partition coefficient (Wildman–Crippen LogP) is 3.12. The van der Waals surface area contributed by atoms with Crippen LogP contribution in [0.3, 0.4) is 0 Å². The lowest BCUT2D eigenvalue weighted by Gasteiger charge is -2.21. The quantitative estimate of drug-likeness (QED) is 0.286. The van der Waals surface area contributed by atoms with Crippen molar-refractivity contribution in [1.82, 2.24) is 0 Å². The zero-order valence-corrected chi connectivity index (χ0v) is 14.8. The monoisotopic (exact) mass is 365 g/mol. The van der Waals surface area contributed by atoms with Crippen LogP contribution in [0.25, 0.3) is 10.8 Å². The second-order valence-electron chi connectivity index (χ2n) is 5.48. The second kappa shape index (κ2) is 8.37. The average Bonchev–Trinajstić information content (AvgIpc) is 2.68. The molecule has 5 N–H and O–H groups in total. The molecule has 0 saturated carbocycles. The van der Waals surface area contributed by atoms with Crippen LogP contribution in [0.15, 0.2) is 77.9 Å². The molecule has 0 aromatic heterocycles. The fraction of sp³-hybridized carbons (Fsp3) is 0.0526. The van der Waals surface area contributed by atoms with Crippen LogP contribution in [-0.2, 0) is 4.79 Å².